The molecule has 5 aromatic rings. The second kappa shape index (κ2) is 14.2. The number of fused-ring (bicyclic) bond motifs is 1. The SMILES string of the molecule is O=C(NCCc1cccc(C(O)(C(=O)O)c2ccccc2)c1)c1ccc(CCNCC(O)c2ccc(O)c3[nH]c(=O)ccc23)cc1. The molecule has 1 amide bonds. The average Bonchev–Trinajstić information content (AvgIpc) is 3.07. The third-order valence-corrected chi connectivity index (χ3v) is 7.96. The number of H-pyrrole nitrogens is 1. The van der Waals surface area contributed by atoms with Crippen molar-refractivity contribution in [3.8, 4) is 5.75 Å². The summed E-state index contributed by atoms with van der Waals surface area (Å²) in [4.78, 5) is 39.1. The van der Waals surface area contributed by atoms with E-state index in [1.807, 2.05) is 18.2 Å². The minimum absolute atomic E-state index is 0.0609. The summed E-state index contributed by atoms with van der Waals surface area (Å²) in [6.07, 6.45) is 0.257. The van der Waals surface area contributed by atoms with E-state index in [4.69, 9.17) is 0 Å². The third kappa shape index (κ3) is 7.16. The van der Waals surface area contributed by atoms with Gasteiger partial charge in [0, 0.05) is 30.1 Å². The molecule has 0 spiro atoms. The first-order valence-electron chi connectivity index (χ1n) is 14.9. The minimum atomic E-state index is -2.19. The van der Waals surface area contributed by atoms with Gasteiger partial charge in [-0.3, -0.25) is 9.59 Å². The summed E-state index contributed by atoms with van der Waals surface area (Å²) < 4.78 is 0. The summed E-state index contributed by atoms with van der Waals surface area (Å²) >= 11 is 0. The first kappa shape index (κ1) is 32.1. The van der Waals surface area contributed by atoms with Crippen LogP contribution in [0, 0.1) is 0 Å². The number of benzene rings is 4. The molecule has 7 N–H and O–H groups in total. The van der Waals surface area contributed by atoms with Crippen LogP contribution < -0.4 is 16.2 Å². The van der Waals surface area contributed by atoms with Gasteiger partial charge in [0.25, 0.3) is 5.91 Å². The van der Waals surface area contributed by atoms with Crippen LogP contribution >= 0.6 is 0 Å². The molecular formula is C36H35N3O7. The highest BCUT2D eigenvalue weighted by Gasteiger charge is 2.40. The molecule has 10 nitrogen and oxygen atoms in total. The molecule has 0 aliphatic heterocycles. The van der Waals surface area contributed by atoms with Gasteiger partial charge in [0.1, 0.15) is 5.75 Å². The Balaban J connectivity index is 1.10. The fourth-order valence-electron chi connectivity index (χ4n) is 5.42. The third-order valence-electron chi connectivity index (χ3n) is 7.96. The molecule has 236 valence electrons. The molecule has 0 aliphatic rings. The highest BCUT2D eigenvalue weighted by molar-refractivity contribution is 5.94. The van der Waals surface area contributed by atoms with Gasteiger partial charge in [-0.1, -0.05) is 72.8 Å². The quantitative estimate of drug-likeness (QED) is 0.0981. The summed E-state index contributed by atoms with van der Waals surface area (Å²) in [5, 5.41) is 48.4. The fraction of sp³-hybridized carbons (Fsp3) is 0.194. The standard InChI is InChI=1S/C36H35N3O7/c40-30-15-13-28(29-14-16-32(42)39-33(29)30)31(41)22-37-19-17-23-9-11-25(12-10-23)34(43)38-20-18-24-5-4-8-27(21-24)36(46,35(44)45)26-6-2-1-3-7-26/h1-16,21,31,37,40-41,46H,17-20,22H2,(H,38,43)(H,39,42)(H,44,45). The van der Waals surface area contributed by atoms with E-state index in [9.17, 15) is 34.8 Å². The Kier molecular flexibility index (Phi) is 9.92. The zero-order valence-electron chi connectivity index (χ0n) is 24.9. The van der Waals surface area contributed by atoms with Crippen LogP contribution in [0.5, 0.6) is 5.75 Å². The Bertz CT molecular complexity index is 1890. The van der Waals surface area contributed by atoms with Crippen molar-refractivity contribution in [1.82, 2.24) is 15.6 Å². The van der Waals surface area contributed by atoms with Gasteiger partial charge in [-0.05, 0) is 71.5 Å². The summed E-state index contributed by atoms with van der Waals surface area (Å²) in [5.74, 6) is -1.67. The molecule has 46 heavy (non-hydrogen) atoms. The van der Waals surface area contributed by atoms with E-state index in [0.717, 1.165) is 11.1 Å². The Morgan fingerprint density at radius 2 is 1.52 bits per heavy atom. The van der Waals surface area contributed by atoms with Crippen molar-refractivity contribution in [2.24, 2.45) is 0 Å². The summed E-state index contributed by atoms with van der Waals surface area (Å²) in [6.45, 7) is 1.17. The number of hydrogen-bond donors (Lipinski definition) is 7. The monoisotopic (exact) mass is 621 g/mol. The molecule has 0 saturated carbocycles. The maximum Gasteiger partial charge on any atom is 0.345 e. The minimum Gasteiger partial charge on any atom is -0.506 e. The normalized spacial score (nSPS) is 13.2. The molecule has 0 saturated heterocycles. The van der Waals surface area contributed by atoms with Crippen molar-refractivity contribution < 1.29 is 30.0 Å². The topological polar surface area (TPSA) is 172 Å². The largest absolute Gasteiger partial charge is 0.506 e. The van der Waals surface area contributed by atoms with Gasteiger partial charge in [0.05, 0.1) is 11.6 Å². The van der Waals surface area contributed by atoms with Gasteiger partial charge >= 0.3 is 5.97 Å². The molecule has 1 heterocycles. The molecular weight excluding hydrogens is 586 g/mol. The number of carbonyl (C=O) groups is 2. The number of aliphatic hydroxyl groups is 2. The first-order chi connectivity index (χ1) is 22.2. The lowest BCUT2D eigenvalue weighted by molar-refractivity contribution is -0.155. The van der Waals surface area contributed by atoms with Gasteiger partial charge in [-0.2, -0.15) is 0 Å². The predicted octanol–water partition coefficient (Wildman–Crippen LogP) is 3.39. The van der Waals surface area contributed by atoms with E-state index in [1.165, 1.54) is 12.1 Å². The zero-order valence-corrected chi connectivity index (χ0v) is 24.9. The number of carbonyl (C=O) groups excluding carboxylic acids is 1. The van der Waals surface area contributed by atoms with Crippen molar-refractivity contribution in [2.45, 2.75) is 24.5 Å². The summed E-state index contributed by atoms with van der Waals surface area (Å²) in [6, 6.07) is 28.2. The van der Waals surface area contributed by atoms with Crippen molar-refractivity contribution in [3.63, 3.8) is 0 Å². The maximum atomic E-state index is 12.7. The van der Waals surface area contributed by atoms with Crippen LogP contribution in [0.4, 0.5) is 0 Å². The van der Waals surface area contributed by atoms with Crippen LogP contribution in [0.3, 0.4) is 0 Å². The van der Waals surface area contributed by atoms with Crippen molar-refractivity contribution >= 4 is 22.8 Å². The van der Waals surface area contributed by atoms with Crippen molar-refractivity contribution in [1.29, 1.82) is 0 Å². The average molecular weight is 622 g/mol. The van der Waals surface area contributed by atoms with Gasteiger partial charge in [0.2, 0.25) is 11.2 Å². The number of carboxylic acid groups (broad SMARTS) is 1. The number of amides is 1. The highest BCUT2D eigenvalue weighted by Crippen LogP contribution is 2.31. The number of phenols is 1. The van der Waals surface area contributed by atoms with Crippen LogP contribution in [0.2, 0.25) is 0 Å². The molecule has 0 fully saturated rings. The van der Waals surface area contributed by atoms with Gasteiger partial charge in [0.15, 0.2) is 0 Å². The summed E-state index contributed by atoms with van der Waals surface area (Å²) in [7, 11) is 0. The smallest absolute Gasteiger partial charge is 0.345 e. The molecule has 2 atom stereocenters. The van der Waals surface area contributed by atoms with Crippen LogP contribution in [0.25, 0.3) is 10.9 Å². The Labute approximate surface area is 265 Å². The molecule has 2 unspecified atom stereocenters. The molecule has 5 rings (SSSR count). The van der Waals surface area contributed by atoms with Crippen molar-refractivity contribution in [3.05, 3.63) is 147 Å². The Morgan fingerprint density at radius 3 is 2.26 bits per heavy atom. The Hall–Kier alpha value is -5.29. The van der Waals surface area contributed by atoms with Crippen LogP contribution in [0.15, 0.2) is 108 Å². The number of aromatic amines is 1. The molecule has 4 aromatic carbocycles. The number of phenolic OH excluding ortho intramolecular Hbond substituents is 1. The Morgan fingerprint density at radius 1 is 0.804 bits per heavy atom. The van der Waals surface area contributed by atoms with Gasteiger partial charge in [-0.25, -0.2) is 4.79 Å². The number of aliphatic hydroxyl groups excluding tert-OH is 1. The lowest BCUT2D eigenvalue weighted by Crippen LogP contribution is -2.37. The van der Waals surface area contributed by atoms with Gasteiger partial charge < -0.3 is 36.0 Å². The number of aliphatic carboxylic acids is 1. The lowest BCUT2D eigenvalue weighted by Gasteiger charge is -2.25. The number of carboxylic acids is 1. The van der Waals surface area contributed by atoms with Crippen LogP contribution in [0.1, 0.15) is 44.3 Å². The molecule has 1 aromatic heterocycles. The van der Waals surface area contributed by atoms with Gasteiger partial charge in [-0.15, -0.1) is 0 Å². The molecule has 0 bridgehead atoms. The van der Waals surface area contributed by atoms with E-state index < -0.39 is 17.7 Å². The number of pyridine rings is 1. The van der Waals surface area contributed by atoms with E-state index in [1.54, 1.807) is 72.8 Å². The number of nitrogens with one attached hydrogen (secondary N) is 3. The highest BCUT2D eigenvalue weighted by atomic mass is 16.4. The lowest BCUT2D eigenvalue weighted by atomic mass is 9.85. The van der Waals surface area contributed by atoms with E-state index in [-0.39, 0.29) is 40.4 Å². The van der Waals surface area contributed by atoms with Crippen LogP contribution in [-0.4, -0.2) is 56.9 Å². The van der Waals surface area contributed by atoms with E-state index in [2.05, 4.69) is 15.6 Å². The van der Waals surface area contributed by atoms with Crippen molar-refractivity contribution in [2.75, 3.05) is 19.6 Å². The fourth-order valence-corrected chi connectivity index (χ4v) is 5.42. The number of aromatic nitrogens is 1. The molecule has 0 aliphatic carbocycles. The second-order valence-electron chi connectivity index (χ2n) is 11.0. The number of rotatable bonds is 13. The van der Waals surface area contributed by atoms with E-state index in [0.29, 0.717) is 42.4 Å². The predicted molar refractivity (Wildman–Crippen MR) is 174 cm³/mol. The maximum absolute atomic E-state index is 12.7. The zero-order chi connectivity index (χ0) is 32.7. The number of aromatic hydroxyl groups is 1. The van der Waals surface area contributed by atoms with E-state index >= 15 is 0 Å². The second-order valence-corrected chi connectivity index (χ2v) is 11.0. The molecule has 10 heteroatoms. The molecule has 0 radical (unpaired) electrons. The number of hydrogen-bond acceptors (Lipinski definition) is 7. The first-order valence-corrected chi connectivity index (χ1v) is 14.9. The van der Waals surface area contributed by atoms with Crippen LogP contribution in [-0.2, 0) is 23.2 Å². The summed E-state index contributed by atoms with van der Waals surface area (Å²) in [5.41, 5.74) is 1.12.